The first kappa shape index (κ1) is 23.2. The molecule has 5 nitrogen and oxygen atoms in total. The van der Waals surface area contributed by atoms with Gasteiger partial charge < -0.3 is 5.32 Å². The minimum absolute atomic E-state index is 0.122. The van der Waals surface area contributed by atoms with E-state index in [1.807, 2.05) is 32.2 Å². The van der Waals surface area contributed by atoms with Gasteiger partial charge in [0.1, 0.15) is 6.54 Å². The molecule has 0 saturated carbocycles. The molecule has 0 aliphatic rings. The summed E-state index contributed by atoms with van der Waals surface area (Å²) in [5, 5.41) is 3.25. The quantitative estimate of drug-likeness (QED) is 0.458. The Bertz CT molecular complexity index is 1180. The number of sulfonamides is 1. The van der Waals surface area contributed by atoms with Gasteiger partial charge in [-0.25, -0.2) is 8.42 Å². The molecule has 1 amide bonds. The molecule has 31 heavy (non-hydrogen) atoms. The summed E-state index contributed by atoms with van der Waals surface area (Å²) in [6.45, 7) is 3.40. The van der Waals surface area contributed by atoms with Gasteiger partial charge in [-0.2, -0.15) is 0 Å². The Labute approximate surface area is 192 Å². The molecular weight excluding hydrogens is 452 g/mol. The maximum Gasteiger partial charge on any atom is 0.264 e. The highest BCUT2D eigenvalue weighted by molar-refractivity contribution is 7.98. The lowest BCUT2D eigenvalue weighted by Gasteiger charge is -2.24. The number of halogens is 1. The Hall–Kier alpha value is -2.48. The SMILES string of the molecule is CSc1ccc(S(=O)(=O)N(CC(=O)Nc2ccc(C)c(Cl)c2)c2ccc(C)cc2)cc1. The molecule has 0 aliphatic heterocycles. The van der Waals surface area contributed by atoms with Crippen molar-refractivity contribution in [2.45, 2.75) is 23.6 Å². The minimum atomic E-state index is -3.96. The van der Waals surface area contributed by atoms with E-state index in [0.29, 0.717) is 16.4 Å². The summed E-state index contributed by atoms with van der Waals surface area (Å²) >= 11 is 7.66. The molecule has 0 saturated heterocycles. The molecule has 8 heteroatoms. The lowest BCUT2D eigenvalue weighted by Crippen LogP contribution is -2.38. The third kappa shape index (κ3) is 5.61. The molecule has 162 valence electrons. The van der Waals surface area contributed by atoms with E-state index in [-0.39, 0.29) is 11.4 Å². The van der Waals surface area contributed by atoms with E-state index in [1.54, 1.807) is 54.6 Å². The fourth-order valence-electron chi connectivity index (χ4n) is 2.90. The van der Waals surface area contributed by atoms with Gasteiger partial charge in [0, 0.05) is 15.6 Å². The number of anilines is 2. The highest BCUT2D eigenvalue weighted by atomic mass is 35.5. The zero-order chi connectivity index (χ0) is 22.6. The second kappa shape index (κ2) is 9.77. The summed E-state index contributed by atoms with van der Waals surface area (Å²) in [6, 6.07) is 18.8. The number of rotatable bonds is 7. The van der Waals surface area contributed by atoms with Crippen molar-refractivity contribution in [2.24, 2.45) is 0 Å². The van der Waals surface area contributed by atoms with Gasteiger partial charge in [0.15, 0.2) is 0 Å². The first-order valence-electron chi connectivity index (χ1n) is 9.50. The van der Waals surface area contributed by atoms with Crippen molar-refractivity contribution in [3.05, 3.63) is 82.9 Å². The molecule has 0 aliphatic carbocycles. The van der Waals surface area contributed by atoms with Crippen LogP contribution in [0.3, 0.4) is 0 Å². The van der Waals surface area contributed by atoms with E-state index in [9.17, 15) is 13.2 Å². The van der Waals surface area contributed by atoms with Crippen molar-refractivity contribution < 1.29 is 13.2 Å². The standard InChI is InChI=1S/C23H23ClN2O3S2/c1-16-4-8-19(9-5-16)26(31(28,29)21-12-10-20(30-3)11-13-21)15-23(27)25-18-7-6-17(2)22(24)14-18/h4-14H,15H2,1-3H3,(H,25,27). The van der Waals surface area contributed by atoms with Crippen LogP contribution in [-0.4, -0.2) is 27.1 Å². The molecule has 3 aromatic rings. The van der Waals surface area contributed by atoms with Crippen molar-refractivity contribution in [1.82, 2.24) is 0 Å². The van der Waals surface area contributed by atoms with Gasteiger partial charge in [-0.1, -0.05) is 35.4 Å². The van der Waals surface area contributed by atoms with E-state index < -0.39 is 15.9 Å². The van der Waals surface area contributed by atoms with Crippen LogP contribution in [0.25, 0.3) is 0 Å². The number of nitrogens with zero attached hydrogens (tertiary/aromatic N) is 1. The number of aryl methyl sites for hydroxylation is 2. The monoisotopic (exact) mass is 474 g/mol. The van der Waals surface area contributed by atoms with E-state index >= 15 is 0 Å². The zero-order valence-corrected chi connectivity index (χ0v) is 19.8. The Morgan fingerprint density at radius 3 is 2.23 bits per heavy atom. The summed E-state index contributed by atoms with van der Waals surface area (Å²) in [5.41, 5.74) is 2.80. The minimum Gasteiger partial charge on any atom is -0.324 e. The fourth-order valence-corrected chi connectivity index (χ4v) is 4.91. The van der Waals surface area contributed by atoms with Crippen LogP contribution in [-0.2, 0) is 14.8 Å². The van der Waals surface area contributed by atoms with Crippen LogP contribution in [0.2, 0.25) is 5.02 Å². The first-order valence-corrected chi connectivity index (χ1v) is 12.5. The number of benzene rings is 3. The summed E-state index contributed by atoms with van der Waals surface area (Å²) in [6.07, 6.45) is 1.92. The Balaban J connectivity index is 1.92. The van der Waals surface area contributed by atoms with E-state index in [2.05, 4.69) is 5.32 Å². The van der Waals surface area contributed by atoms with E-state index in [1.165, 1.54) is 11.8 Å². The molecule has 0 fully saturated rings. The Kier molecular flexibility index (Phi) is 7.30. The summed E-state index contributed by atoms with van der Waals surface area (Å²) < 4.78 is 28.0. The van der Waals surface area contributed by atoms with Crippen LogP contribution < -0.4 is 9.62 Å². The van der Waals surface area contributed by atoms with E-state index in [4.69, 9.17) is 11.6 Å². The van der Waals surface area contributed by atoms with Gasteiger partial charge in [-0.15, -0.1) is 11.8 Å². The average molecular weight is 475 g/mol. The smallest absolute Gasteiger partial charge is 0.264 e. The van der Waals surface area contributed by atoms with Gasteiger partial charge in [-0.05, 0) is 74.2 Å². The van der Waals surface area contributed by atoms with Gasteiger partial charge >= 0.3 is 0 Å². The maximum absolute atomic E-state index is 13.4. The first-order chi connectivity index (χ1) is 14.7. The third-order valence-electron chi connectivity index (χ3n) is 4.71. The molecule has 0 unspecified atom stereocenters. The molecule has 1 N–H and O–H groups in total. The Morgan fingerprint density at radius 2 is 1.65 bits per heavy atom. The number of carbonyl (C=O) groups excluding carboxylic acids is 1. The molecule has 0 aromatic heterocycles. The Morgan fingerprint density at radius 1 is 1.00 bits per heavy atom. The van der Waals surface area contributed by atoms with Gasteiger partial charge in [0.05, 0.1) is 10.6 Å². The van der Waals surface area contributed by atoms with Gasteiger partial charge in [0.2, 0.25) is 5.91 Å². The van der Waals surface area contributed by atoms with Crippen LogP contribution in [0, 0.1) is 13.8 Å². The molecule has 0 bridgehead atoms. The van der Waals surface area contributed by atoms with Gasteiger partial charge in [-0.3, -0.25) is 9.10 Å². The predicted molar refractivity (Wildman–Crippen MR) is 129 cm³/mol. The molecule has 0 atom stereocenters. The number of hydrogen-bond acceptors (Lipinski definition) is 4. The molecule has 3 aromatic carbocycles. The van der Waals surface area contributed by atoms with Crippen molar-refractivity contribution in [1.29, 1.82) is 0 Å². The second-order valence-electron chi connectivity index (χ2n) is 7.03. The highest BCUT2D eigenvalue weighted by Gasteiger charge is 2.27. The molecular formula is C23H23ClN2O3S2. The van der Waals surface area contributed by atoms with Crippen molar-refractivity contribution in [2.75, 3.05) is 22.4 Å². The van der Waals surface area contributed by atoms with Gasteiger partial charge in [0.25, 0.3) is 10.0 Å². The van der Waals surface area contributed by atoms with Crippen molar-refractivity contribution >= 4 is 50.7 Å². The lowest BCUT2D eigenvalue weighted by atomic mass is 10.2. The van der Waals surface area contributed by atoms with Crippen molar-refractivity contribution in [3.8, 4) is 0 Å². The van der Waals surface area contributed by atoms with Crippen LogP contribution >= 0.6 is 23.4 Å². The third-order valence-corrected chi connectivity index (χ3v) is 7.65. The summed E-state index contributed by atoms with van der Waals surface area (Å²) in [7, 11) is -3.96. The number of nitrogens with one attached hydrogen (secondary N) is 1. The molecule has 0 radical (unpaired) electrons. The van der Waals surface area contributed by atoms with Crippen LogP contribution in [0.15, 0.2) is 76.5 Å². The largest absolute Gasteiger partial charge is 0.324 e. The summed E-state index contributed by atoms with van der Waals surface area (Å²) in [5.74, 6) is -0.468. The normalized spacial score (nSPS) is 11.2. The zero-order valence-electron chi connectivity index (χ0n) is 17.4. The number of carbonyl (C=O) groups is 1. The fraction of sp³-hybridized carbons (Fsp3) is 0.174. The number of amides is 1. The summed E-state index contributed by atoms with van der Waals surface area (Å²) in [4.78, 5) is 13.8. The van der Waals surface area contributed by atoms with Crippen LogP contribution in [0.1, 0.15) is 11.1 Å². The molecule has 0 spiro atoms. The molecule has 3 rings (SSSR count). The maximum atomic E-state index is 13.4. The highest BCUT2D eigenvalue weighted by Crippen LogP contribution is 2.26. The topological polar surface area (TPSA) is 66.5 Å². The second-order valence-corrected chi connectivity index (χ2v) is 10.2. The van der Waals surface area contributed by atoms with Crippen LogP contribution in [0.4, 0.5) is 11.4 Å². The average Bonchev–Trinajstić information content (AvgIpc) is 2.75. The molecule has 0 heterocycles. The van der Waals surface area contributed by atoms with Crippen LogP contribution in [0.5, 0.6) is 0 Å². The van der Waals surface area contributed by atoms with Crippen molar-refractivity contribution in [3.63, 3.8) is 0 Å². The lowest BCUT2D eigenvalue weighted by molar-refractivity contribution is -0.114. The van der Waals surface area contributed by atoms with E-state index in [0.717, 1.165) is 20.3 Å². The number of thioether (sulfide) groups is 1. The number of hydrogen-bond donors (Lipinski definition) is 1. The predicted octanol–water partition coefficient (Wildman–Crippen LogP) is 5.51.